The second kappa shape index (κ2) is 6.59. The zero-order chi connectivity index (χ0) is 14.7. The minimum atomic E-state index is -0.656. The fourth-order valence-corrected chi connectivity index (χ4v) is 3.35. The highest BCUT2D eigenvalue weighted by Crippen LogP contribution is 2.33. The van der Waals surface area contributed by atoms with Crippen LogP contribution in [-0.2, 0) is 4.79 Å². The van der Waals surface area contributed by atoms with Crippen LogP contribution in [0.2, 0.25) is 5.02 Å². The number of carboxylic acid groups (broad SMARTS) is 1. The van der Waals surface area contributed by atoms with Crippen molar-refractivity contribution in [1.82, 2.24) is 4.90 Å². The number of hydrogen-bond acceptors (Lipinski definition) is 2. The molecule has 0 radical (unpaired) electrons. The molecule has 3 unspecified atom stereocenters. The molecule has 0 saturated carbocycles. The van der Waals surface area contributed by atoms with Gasteiger partial charge >= 0.3 is 5.97 Å². The van der Waals surface area contributed by atoms with Gasteiger partial charge in [-0.15, -0.1) is 0 Å². The molecule has 0 aliphatic carbocycles. The SMILES string of the molecule is CCC(c1ccc(Cl)cc1)N1CCC(C(=O)O)CC1C. The normalized spacial score (nSPS) is 25.4. The van der Waals surface area contributed by atoms with Crippen LogP contribution >= 0.6 is 11.6 Å². The van der Waals surface area contributed by atoms with Crippen LogP contribution in [0.25, 0.3) is 0 Å². The molecule has 3 atom stereocenters. The molecule has 1 aliphatic heterocycles. The van der Waals surface area contributed by atoms with Gasteiger partial charge in [-0.3, -0.25) is 9.69 Å². The number of halogens is 1. The Hall–Kier alpha value is -1.06. The number of nitrogens with zero attached hydrogens (tertiary/aromatic N) is 1. The summed E-state index contributed by atoms with van der Waals surface area (Å²) >= 11 is 5.95. The predicted octanol–water partition coefficient (Wildman–Crippen LogP) is 3.98. The summed E-state index contributed by atoms with van der Waals surface area (Å²) in [5.41, 5.74) is 1.26. The highest BCUT2D eigenvalue weighted by Gasteiger charge is 2.33. The Morgan fingerprint density at radius 1 is 1.45 bits per heavy atom. The van der Waals surface area contributed by atoms with Crippen LogP contribution in [0.5, 0.6) is 0 Å². The van der Waals surface area contributed by atoms with Gasteiger partial charge in [0, 0.05) is 17.1 Å². The van der Waals surface area contributed by atoms with Crippen molar-refractivity contribution in [2.75, 3.05) is 6.54 Å². The van der Waals surface area contributed by atoms with Crippen molar-refractivity contribution in [3.63, 3.8) is 0 Å². The second-order valence-electron chi connectivity index (χ2n) is 5.62. The van der Waals surface area contributed by atoms with E-state index in [9.17, 15) is 4.79 Å². The Morgan fingerprint density at radius 3 is 2.60 bits per heavy atom. The number of carbonyl (C=O) groups is 1. The molecular formula is C16H22ClNO2. The average molecular weight is 296 g/mol. The number of hydrogen-bond donors (Lipinski definition) is 1. The van der Waals surface area contributed by atoms with Gasteiger partial charge in [0.2, 0.25) is 0 Å². The Balaban J connectivity index is 2.12. The first-order valence-corrected chi connectivity index (χ1v) is 7.64. The third-order valence-electron chi connectivity index (χ3n) is 4.32. The third kappa shape index (κ3) is 3.33. The maximum Gasteiger partial charge on any atom is 0.306 e. The molecule has 0 aromatic heterocycles. The van der Waals surface area contributed by atoms with E-state index in [-0.39, 0.29) is 5.92 Å². The summed E-state index contributed by atoms with van der Waals surface area (Å²) < 4.78 is 0. The Morgan fingerprint density at radius 2 is 2.10 bits per heavy atom. The standard InChI is InChI=1S/C16H22ClNO2/c1-3-15(12-4-6-14(17)7-5-12)18-9-8-13(16(19)20)10-11(18)2/h4-7,11,13,15H,3,8-10H2,1-2H3,(H,19,20). The molecule has 1 saturated heterocycles. The maximum atomic E-state index is 11.1. The summed E-state index contributed by atoms with van der Waals surface area (Å²) in [5, 5.41) is 9.90. The maximum absolute atomic E-state index is 11.1. The van der Waals surface area contributed by atoms with Gasteiger partial charge in [0.15, 0.2) is 0 Å². The van der Waals surface area contributed by atoms with Gasteiger partial charge in [-0.2, -0.15) is 0 Å². The lowest BCUT2D eigenvalue weighted by molar-refractivity contribution is -0.144. The molecule has 1 aliphatic rings. The monoisotopic (exact) mass is 295 g/mol. The molecule has 1 aromatic carbocycles. The number of piperidine rings is 1. The molecule has 110 valence electrons. The van der Waals surface area contributed by atoms with Crippen LogP contribution in [-0.4, -0.2) is 28.6 Å². The van der Waals surface area contributed by atoms with E-state index in [1.807, 2.05) is 12.1 Å². The quantitative estimate of drug-likeness (QED) is 0.913. The van der Waals surface area contributed by atoms with Crippen molar-refractivity contribution in [2.24, 2.45) is 5.92 Å². The zero-order valence-electron chi connectivity index (χ0n) is 12.1. The van der Waals surface area contributed by atoms with Gasteiger partial charge in [-0.05, 0) is 50.4 Å². The van der Waals surface area contributed by atoms with Crippen molar-refractivity contribution in [2.45, 2.75) is 45.2 Å². The van der Waals surface area contributed by atoms with Crippen molar-refractivity contribution >= 4 is 17.6 Å². The molecule has 0 amide bonds. The highest BCUT2D eigenvalue weighted by molar-refractivity contribution is 6.30. The van der Waals surface area contributed by atoms with E-state index in [0.29, 0.717) is 12.1 Å². The lowest BCUT2D eigenvalue weighted by atomic mass is 9.89. The Labute approximate surface area is 125 Å². The van der Waals surface area contributed by atoms with Crippen molar-refractivity contribution in [3.05, 3.63) is 34.9 Å². The number of aliphatic carboxylic acids is 1. The first-order chi connectivity index (χ1) is 9.52. The molecule has 0 bridgehead atoms. The molecule has 1 heterocycles. The van der Waals surface area contributed by atoms with Gasteiger partial charge in [0.1, 0.15) is 0 Å². The van der Waals surface area contributed by atoms with E-state index < -0.39 is 5.97 Å². The van der Waals surface area contributed by atoms with Crippen LogP contribution in [0.4, 0.5) is 0 Å². The molecule has 2 rings (SSSR count). The van der Waals surface area contributed by atoms with Crippen molar-refractivity contribution in [1.29, 1.82) is 0 Å². The van der Waals surface area contributed by atoms with E-state index in [4.69, 9.17) is 16.7 Å². The molecule has 1 fully saturated rings. The van der Waals surface area contributed by atoms with Crippen LogP contribution in [0.1, 0.15) is 44.7 Å². The predicted molar refractivity (Wildman–Crippen MR) is 81.0 cm³/mol. The number of rotatable bonds is 4. The summed E-state index contributed by atoms with van der Waals surface area (Å²) in [6, 6.07) is 8.64. The topological polar surface area (TPSA) is 40.5 Å². The Bertz CT molecular complexity index is 460. The van der Waals surface area contributed by atoms with Gasteiger partial charge in [-0.1, -0.05) is 30.7 Å². The number of carboxylic acids is 1. The summed E-state index contributed by atoms with van der Waals surface area (Å²) in [4.78, 5) is 13.6. The number of benzene rings is 1. The van der Waals surface area contributed by atoms with E-state index in [0.717, 1.165) is 30.8 Å². The van der Waals surface area contributed by atoms with E-state index in [1.54, 1.807) is 0 Å². The van der Waals surface area contributed by atoms with Crippen molar-refractivity contribution in [3.8, 4) is 0 Å². The van der Waals surface area contributed by atoms with E-state index in [1.165, 1.54) is 5.56 Å². The van der Waals surface area contributed by atoms with Gasteiger partial charge in [0.25, 0.3) is 0 Å². The van der Waals surface area contributed by atoms with Gasteiger partial charge < -0.3 is 5.11 Å². The summed E-state index contributed by atoms with van der Waals surface area (Å²) in [7, 11) is 0. The fraction of sp³-hybridized carbons (Fsp3) is 0.562. The van der Waals surface area contributed by atoms with Gasteiger partial charge in [0.05, 0.1) is 5.92 Å². The molecule has 0 spiro atoms. The lowest BCUT2D eigenvalue weighted by Gasteiger charge is -2.41. The minimum absolute atomic E-state index is 0.191. The number of likely N-dealkylation sites (tertiary alicyclic amines) is 1. The third-order valence-corrected chi connectivity index (χ3v) is 4.57. The van der Waals surface area contributed by atoms with Crippen LogP contribution in [0.15, 0.2) is 24.3 Å². The lowest BCUT2D eigenvalue weighted by Crippen LogP contribution is -2.44. The van der Waals surface area contributed by atoms with E-state index >= 15 is 0 Å². The largest absolute Gasteiger partial charge is 0.481 e. The smallest absolute Gasteiger partial charge is 0.306 e. The van der Waals surface area contributed by atoms with Crippen LogP contribution < -0.4 is 0 Å². The van der Waals surface area contributed by atoms with Gasteiger partial charge in [-0.25, -0.2) is 0 Å². The van der Waals surface area contributed by atoms with Crippen LogP contribution in [0, 0.1) is 5.92 Å². The van der Waals surface area contributed by atoms with Crippen LogP contribution in [0.3, 0.4) is 0 Å². The fourth-order valence-electron chi connectivity index (χ4n) is 3.22. The van der Waals surface area contributed by atoms with Crippen molar-refractivity contribution < 1.29 is 9.90 Å². The minimum Gasteiger partial charge on any atom is -0.481 e. The summed E-state index contributed by atoms with van der Waals surface area (Å²) in [5.74, 6) is -0.847. The molecule has 3 nitrogen and oxygen atoms in total. The first kappa shape index (κ1) is 15.3. The van der Waals surface area contributed by atoms with E-state index in [2.05, 4.69) is 30.9 Å². The molecule has 4 heteroatoms. The first-order valence-electron chi connectivity index (χ1n) is 7.27. The molecule has 1 N–H and O–H groups in total. The molecule has 1 aromatic rings. The summed E-state index contributed by atoms with van der Waals surface area (Å²) in [6.45, 7) is 5.15. The summed E-state index contributed by atoms with van der Waals surface area (Å²) in [6.07, 6.45) is 2.49. The highest BCUT2D eigenvalue weighted by atomic mass is 35.5. The second-order valence-corrected chi connectivity index (χ2v) is 6.06. The zero-order valence-corrected chi connectivity index (χ0v) is 12.8. The molecular weight excluding hydrogens is 274 g/mol. The average Bonchev–Trinajstić information content (AvgIpc) is 2.43. The molecule has 20 heavy (non-hydrogen) atoms. The Kier molecular flexibility index (Phi) is 5.06.